The molecule has 4 aliphatic rings. The van der Waals surface area contributed by atoms with Gasteiger partial charge in [-0.3, -0.25) is 4.79 Å². The van der Waals surface area contributed by atoms with Gasteiger partial charge < -0.3 is 29.2 Å². The number of likely N-dealkylation sites (N-methyl/N-ethyl adjacent to an activating group) is 2. The molecule has 0 saturated carbocycles. The molecule has 2 saturated heterocycles. The normalized spacial score (nSPS) is 22.6. The third kappa shape index (κ3) is 5.93. The standard InChI is InChI=1S/C33H42FN7O2/c1-4-33(42)41-17-16-40(19-23(41)9-12-35)31-18-32(43-22-24-6-5-13-38(24)3)36-29-21-39(15-11-26(29)31)30-8-7-28(34)25-10-14-37(2)20-27(25)30/h4,7-8,18,23-24H,1,5-6,9-11,13-17,19-22H2,2-3H3/t23-,24-/m0/s1. The molecule has 0 radical (unpaired) electrons. The number of halogens is 1. The maximum absolute atomic E-state index is 14.8. The zero-order chi connectivity index (χ0) is 30.1. The number of ether oxygens (including phenoxy) is 1. The van der Waals surface area contributed by atoms with Gasteiger partial charge in [0, 0.05) is 68.3 Å². The number of carbonyl (C=O) groups excluding carboxylic acids is 1. The Labute approximate surface area is 254 Å². The maximum Gasteiger partial charge on any atom is 0.246 e. The van der Waals surface area contributed by atoms with Crippen LogP contribution in [-0.4, -0.2) is 97.6 Å². The molecule has 2 atom stereocenters. The highest BCUT2D eigenvalue weighted by Gasteiger charge is 2.33. The second-order valence-electron chi connectivity index (χ2n) is 12.4. The molecule has 1 aromatic heterocycles. The number of nitrogens with zero attached hydrogens (tertiary/aromatic N) is 7. The van der Waals surface area contributed by atoms with E-state index in [1.807, 2.05) is 6.07 Å². The summed E-state index contributed by atoms with van der Waals surface area (Å²) in [5, 5.41) is 9.54. The quantitative estimate of drug-likeness (QED) is 0.457. The number of carbonyl (C=O) groups is 1. The molecule has 6 rings (SSSR count). The van der Waals surface area contributed by atoms with E-state index in [1.165, 1.54) is 18.1 Å². The molecule has 2 aromatic rings. The zero-order valence-corrected chi connectivity index (χ0v) is 25.4. The number of hydrogen-bond donors (Lipinski definition) is 0. The van der Waals surface area contributed by atoms with E-state index in [-0.39, 0.29) is 24.2 Å². The topological polar surface area (TPSA) is 79.2 Å². The van der Waals surface area contributed by atoms with Gasteiger partial charge in [-0.2, -0.15) is 5.26 Å². The predicted octanol–water partition coefficient (Wildman–Crippen LogP) is 3.36. The van der Waals surface area contributed by atoms with Crippen molar-refractivity contribution in [1.82, 2.24) is 19.7 Å². The van der Waals surface area contributed by atoms with Gasteiger partial charge in [0.1, 0.15) is 12.4 Å². The summed E-state index contributed by atoms with van der Waals surface area (Å²) in [6, 6.07) is 8.03. The lowest BCUT2D eigenvalue weighted by Crippen LogP contribution is -2.55. The van der Waals surface area contributed by atoms with Crippen LogP contribution in [0.4, 0.5) is 15.8 Å². The minimum Gasteiger partial charge on any atom is -0.476 e. The molecule has 10 heteroatoms. The first-order chi connectivity index (χ1) is 20.9. The summed E-state index contributed by atoms with van der Waals surface area (Å²) in [4.78, 5) is 28.6. The highest BCUT2D eigenvalue weighted by Crippen LogP contribution is 2.37. The summed E-state index contributed by atoms with van der Waals surface area (Å²) in [6.45, 7) is 10.1. The van der Waals surface area contributed by atoms with E-state index in [9.17, 15) is 14.4 Å². The number of hydrogen-bond acceptors (Lipinski definition) is 8. The van der Waals surface area contributed by atoms with E-state index in [1.54, 1.807) is 11.0 Å². The lowest BCUT2D eigenvalue weighted by Gasteiger charge is -2.43. The third-order valence-electron chi connectivity index (χ3n) is 9.70. The van der Waals surface area contributed by atoms with Crippen LogP contribution in [0.1, 0.15) is 41.6 Å². The monoisotopic (exact) mass is 587 g/mol. The van der Waals surface area contributed by atoms with Crippen LogP contribution in [0.2, 0.25) is 0 Å². The van der Waals surface area contributed by atoms with Crippen molar-refractivity contribution in [3.63, 3.8) is 0 Å². The minimum atomic E-state index is -0.215. The lowest BCUT2D eigenvalue weighted by atomic mass is 9.95. The number of amides is 1. The number of fused-ring (bicyclic) bond motifs is 2. The Morgan fingerprint density at radius 2 is 1.91 bits per heavy atom. The fourth-order valence-corrected chi connectivity index (χ4v) is 7.24. The van der Waals surface area contributed by atoms with Gasteiger partial charge in [-0.15, -0.1) is 0 Å². The molecular formula is C33H42FN7O2. The summed E-state index contributed by atoms with van der Waals surface area (Å²) in [7, 11) is 4.23. The second-order valence-corrected chi connectivity index (χ2v) is 12.4. The van der Waals surface area contributed by atoms with Crippen LogP contribution >= 0.6 is 0 Å². The Balaban J connectivity index is 1.32. The summed E-state index contributed by atoms with van der Waals surface area (Å²) >= 11 is 0. The molecule has 0 N–H and O–H groups in total. The zero-order valence-electron chi connectivity index (χ0n) is 25.4. The van der Waals surface area contributed by atoms with E-state index in [4.69, 9.17) is 9.72 Å². The van der Waals surface area contributed by atoms with Crippen molar-refractivity contribution < 1.29 is 13.9 Å². The largest absolute Gasteiger partial charge is 0.476 e. The average molecular weight is 588 g/mol. The smallest absolute Gasteiger partial charge is 0.246 e. The van der Waals surface area contributed by atoms with Gasteiger partial charge in [-0.25, -0.2) is 9.37 Å². The van der Waals surface area contributed by atoms with E-state index in [0.29, 0.717) is 44.7 Å². The third-order valence-corrected chi connectivity index (χ3v) is 9.70. The van der Waals surface area contributed by atoms with Crippen molar-refractivity contribution in [2.75, 3.05) is 69.8 Å². The van der Waals surface area contributed by atoms with Gasteiger partial charge in [0.15, 0.2) is 0 Å². The first-order valence-electron chi connectivity index (χ1n) is 15.5. The first kappa shape index (κ1) is 29.4. The number of nitriles is 1. The Hall–Kier alpha value is -3.68. The molecule has 0 spiro atoms. The molecule has 43 heavy (non-hydrogen) atoms. The van der Waals surface area contributed by atoms with Crippen molar-refractivity contribution in [3.8, 4) is 11.9 Å². The average Bonchev–Trinajstić information content (AvgIpc) is 3.43. The minimum absolute atomic E-state index is 0.113. The number of likely N-dealkylation sites (tertiary alicyclic amines) is 1. The highest BCUT2D eigenvalue weighted by atomic mass is 19.1. The summed E-state index contributed by atoms with van der Waals surface area (Å²) in [6.07, 6.45) is 5.39. The molecule has 0 bridgehead atoms. The van der Waals surface area contributed by atoms with Gasteiger partial charge >= 0.3 is 0 Å². The number of piperazine rings is 1. The van der Waals surface area contributed by atoms with Crippen molar-refractivity contribution in [2.24, 2.45) is 0 Å². The first-order valence-corrected chi connectivity index (χ1v) is 15.5. The van der Waals surface area contributed by atoms with Crippen LogP contribution in [0.3, 0.4) is 0 Å². The highest BCUT2D eigenvalue weighted by molar-refractivity contribution is 5.87. The Morgan fingerprint density at radius 1 is 1.07 bits per heavy atom. The number of rotatable bonds is 7. The summed E-state index contributed by atoms with van der Waals surface area (Å²) in [5.74, 6) is 0.363. The van der Waals surface area contributed by atoms with Crippen molar-refractivity contribution in [2.45, 2.75) is 57.3 Å². The van der Waals surface area contributed by atoms with E-state index in [2.05, 4.69) is 52.4 Å². The van der Waals surface area contributed by atoms with Crippen LogP contribution in [0.25, 0.3) is 0 Å². The van der Waals surface area contributed by atoms with Crippen LogP contribution in [0.15, 0.2) is 30.9 Å². The molecule has 228 valence electrons. The molecule has 0 unspecified atom stereocenters. The lowest BCUT2D eigenvalue weighted by molar-refractivity contribution is -0.128. The molecule has 0 aliphatic carbocycles. The molecule has 4 aliphatic heterocycles. The molecule has 2 fully saturated rings. The fourth-order valence-electron chi connectivity index (χ4n) is 7.24. The Kier molecular flexibility index (Phi) is 8.55. The van der Waals surface area contributed by atoms with Gasteiger partial charge in [0.2, 0.25) is 11.8 Å². The van der Waals surface area contributed by atoms with Crippen LogP contribution < -0.4 is 14.5 Å². The summed E-state index contributed by atoms with van der Waals surface area (Å²) < 4.78 is 21.2. The number of anilines is 2. The van der Waals surface area contributed by atoms with Gasteiger partial charge in [0.05, 0.1) is 30.8 Å². The van der Waals surface area contributed by atoms with Crippen LogP contribution in [0, 0.1) is 17.1 Å². The molecular weight excluding hydrogens is 545 g/mol. The van der Waals surface area contributed by atoms with E-state index in [0.717, 1.165) is 73.6 Å². The number of benzene rings is 1. The number of aromatic nitrogens is 1. The van der Waals surface area contributed by atoms with Crippen LogP contribution in [0.5, 0.6) is 5.88 Å². The van der Waals surface area contributed by atoms with Gasteiger partial charge in [-0.05, 0) is 75.7 Å². The van der Waals surface area contributed by atoms with E-state index < -0.39 is 0 Å². The maximum atomic E-state index is 14.8. The van der Waals surface area contributed by atoms with Gasteiger partial charge in [-0.1, -0.05) is 6.58 Å². The Bertz CT molecular complexity index is 1420. The van der Waals surface area contributed by atoms with Crippen molar-refractivity contribution in [3.05, 3.63) is 59.1 Å². The molecule has 1 amide bonds. The van der Waals surface area contributed by atoms with Crippen molar-refractivity contribution >= 4 is 17.3 Å². The Morgan fingerprint density at radius 3 is 2.67 bits per heavy atom. The number of pyridine rings is 1. The predicted molar refractivity (Wildman–Crippen MR) is 165 cm³/mol. The molecule has 5 heterocycles. The van der Waals surface area contributed by atoms with Crippen molar-refractivity contribution in [1.29, 1.82) is 5.26 Å². The van der Waals surface area contributed by atoms with Gasteiger partial charge in [0.25, 0.3) is 0 Å². The molecule has 9 nitrogen and oxygen atoms in total. The summed E-state index contributed by atoms with van der Waals surface area (Å²) in [5.41, 5.74) is 6.24. The second kappa shape index (κ2) is 12.5. The SMILES string of the molecule is C=CC(=O)N1CCN(c2cc(OC[C@@H]3CCCN3C)nc3c2CCN(c2ccc(F)c4c2CN(C)CC4)C3)C[C@@H]1CC#N. The fraction of sp³-hybridized carbons (Fsp3) is 0.545. The molecule has 1 aromatic carbocycles. The van der Waals surface area contributed by atoms with Crippen LogP contribution in [-0.2, 0) is 30.7 Å². The van der Waals surface area contributed by atoms with E-state index >= 15 is 0 Å².